The predicted molar refractivity (Wildman–Crippen MR) is 111 cm³/mol. The van der Waals surface area contributed by atoms with E-state index in [4.69, 9.17) is 10.8 Å². The number of nitrogens with zero attached hydrogens (tertiary/aromatic N) is 2. The Kier molecular flexibility index (Phi) is 7.94. The lowest BCUT2D eigenvalue weighted by atomic mass is 9.97. The van der Waals surface area contributed by atoms with Gasteiger partial charge in [-0.15, -0.1) is 0 Å². The van der Waals surface area contributed by atoms with E-state index in [9.17, 15) is 9.59 Å². The van der Waals surface area contributed by atoms with E-state index in [1.807, 2.05) is 65.3 Å². The highest BCUT2D eigenvalue weighted by Gasteiger charge is 2.30. The molecule has 1 aromatic rings. The number of benzene rings is 1. The van der Waals surface area contributed by atoms with Crippen LogP contribution < -0.4 is 5.73 Å². The lowest BCUT2D eigenvalue weighted by molar-refractivity contribution is -0.139. The fraction of sp³-hybridized carbons (Fsp3) is 0.308. The molecule has 0 aromatic heterocycles. The second-order valence-corrected chi connectivity index (χ2v) is 7.98. The van der Waals surface area contributed by atoms with E-state index in [1.165, 1.54) is 0 Å². The third-order valence-corrected chi connectivity index (χ3v) is 5.38. The second kappa shape index (κ2) is 8.73. The molecule has 22 heavy (non-hydrogen) atoms. The molecule has 6 nitrogen and oxygen atoms in total. The number of carbonyl (C=O) groups excluding carboxylic acids is 1. The van der Waals surface area contributed by atoms with Gasteiger partial charge in [0, 0.05) is 33.3 Å². The monoisotopic (exact) mass is 641 g/mol. The van der Waals surface area contributed by atoms with Gasteiger partial charge < -0.3 is 15.7 Å². The summed E-state index contributed by atoms with van der Waals surface area (Å²) >= 11 is 6.21. The third-order valence-electron chi connectivity index (χ3n) is 2.66. The zero-order valence-electron chi connectivity index (χ0n) is 11.8. The smallest absolute Gasteiger partial charge is 0.315 e. The van der Waals surface area contributed by atoms with Crippen molar-refractivity contribution in [2.24, 2.45) is 16.6 Å². The molecule has 0 amide bonds. The molecule has 0 bridgehead atoms. The molecule has 0 radical (unpaired) electrons. The second-order valence-electron chi connectivity index (χ2n) is 4.58. The van der Waals surface area contributed by atoms with Gasteiger partial charge in [0.05, 0.1) is 15.6 Å². The minimum Gasteiger partial charge on any atom is -0.481 e. The highest BCUT2D eigenvalue weighted by molar-refractivity contribution is 14.1. The summed E-state index contributed by atoms with van der Waals surface area (Å²) < 4.78 is 2.22. The molecule has 0 aliphatic rings. The number of ketones is 1. The molecule has 0 saturated heterocycles. The van der Waals surface area contributed by atoms with E-state index in [-0.39, 0.29) is 6.54 Å². The molecule has 0 aliphatic heterocycles. The Labute approximate surface area is 169 Å². The minimum absolute atomic E-state index is 0.234. The maximum Gasteiger partial charge on any atom is 0.315 e. The van der Waals surface area contributed by atoms with Gasteiger partial charge in [-0.05, 0) is 73.8 Å². The van der Waals surface area contributed by atoms with Gasteiger partial charge in [-0.1, -0.05) is 0 Å². The Morgan fingerprint density at radius 3 is 2.41 bits per heavy atom. The van der Waals surface area contributed by atoms with Crippen molar-refractivity contribution in [3.63, 3.8) is 0 Å². The van der Waals surface area contributed by atoms with E-state index in [2.05, 4.69) is 27.6 Å². The largest absolute Gasteiger partial charge is 0.481 e. The van der Waals surface area contributed by atoms with Gasteiger partial charge >= 0.3 is 5.97 Å². The van der Waals surface area contributed by atoms with Crippen LogP contribution >= 0.6 is 67.8 Å². The molecule has 0 fully saturated rings. The lowest BCUT2D eigenvalue weighted by Gasteiger charge is -2.15. The first kappa shape index (κ1) is 20.0. The Balaban J connectivity index is 3.46. The fourth-order valence-electron chi connectivity index (χ4n) is 1.59. The van der Waals surface area contributed by atoms with Gasteiger partial charge in [0.2, 0.25) is 0 Å². The topological polar surface area (TPSA) is 96.0 Å². The SMILES string of the molecule is CN(C)C=Nc1c(I)cc(I)c(C(=O)C(CN)C(=O)O)c1I. The van der Waals surface area contributed by atoms with Gasteiger partial charge in [0.25, 0.3) is 0 Å². The number of hydrogen-bond donors (Lipinski definition) is 2. The number of aliphatic imine (C=N–C) groups is 1. The van der Waals surface area contributed by atoms with Crippen molar-refractivity contribution in [2.75, 3.05) is 20.6 Å². The molecule has 0 aliphatic carbocycles. The van der Waals surface area contributed by atoms with Crippen LogP contribution in [0.1, 0.15) is 10.4 Å². The van der Waals surface area contributed by atoms with Crippen molar-refractivity contribution in [1.82, 2.24) is 4.90 Å². The molecule has 1 rings (SSSR count). The summed E-state index contributed by atoms with van der Waals surface area (Å²) in [6.45, 7) is -0.234. The van der Waals surface area contributed by atoms with Crippen LogP contribution in [0.15, 0.2) is 11.1 Å². The Morgan fingerprint density at radius 1 is 1.36 bits per heavy atom. The summed E-state index contributed by atoms with van der Waals surface area (Å²) in [6, 6.07) is 1.81. The van der Waals surface area contributed by atoms with Crippen LogP contribution in [0.2, 0.25) is 0 Å². The quantitative estimate of drug-likeness (QED) is 0.164. The van der Waals surface area contributed by atoms with E-state index >= 15 is 0 Å². The fourth-order valence-corrected chi connectivity index (χ4v) is 5.77. The van der Waals surface area contributed by atoms with Crippen molar-refractivity contribution < 1.29 is 14.7 Å². The number of carbonyl (C=O) groups is 2. The summed E-state index contributed by atoms with van der Waals surface area (Å²) in [5.41, 5.74) is 6.45. The highest BCUT2D eigenvalue weighted by Crippen LogP contribution is 2.34. The zero-order valence-corrected chi connectivity index (χ0v) is 18.3. The molecule has 120 valence electrons. The van der Waals surface area contributed by atoms with Crippen LogP contribution in [0.3, 0.4) is 0 Å². The normalized spacial score (nSPS) is 12.5. The number of halogens is 3. The molecule has 1 aromatic carbocycles. The van der Waals surface area contributed by atoms with Crippen LogP contribution in [0.25, 0.3) is 0 Å². The van der Waals surface area contributed by atoms with Crippen LogP contribution in [-0.2, 0) is 4.79 Å². The Hall–Kier alpha value is -0.0200. The zero-order chi connectivity index (χ0) is 17.0. The van der Waals surface area contributed by atoms with Gasteiger partial charge in [0.1, 0.15) is 5.92 Å². The average Bonchev–Trinajstić information content (AvgIpc) is 2.37. The standard InChI is InChI=1S/C13H14I3N3O3/c1-19(2)5-18-11-8(15)3-7(14)9(10(11)16)12(20)6(4-17)13(21)22/h3,5-6H,4,17H2,1-2H3,(H,21,22). The Morgan fingerprint density at radius 2 is 1.95 bits per heavy atom. The van der Waals surface area contributed by atoms with Crippen molar-refractivity contribution in [3.05, 3.63) is 22.3 Å². The van der Waals surface area contributed by atoms with Crippen molar-refractivity contribution in [2.45, 2.75) is 0 Å². The minimum atomic E-state index is -1.24. The number of hydrogen-bond acceptors (Lipinski definition) is 4. The van der Waals surface area contributed by atoms with Crippen molar-refractivity contribution in [3.8, 4) is 0 Å². The van der Waals surface area contributed by atoms with E-state index < -0.39 is 17.7 Å². The van der Waals surface area contributed by atoms with Gasteiger partial charge in [-0.2, -0.15) is 0 Å². The molecule has 1 unspecified atom stereocenters. The van der Waals surface area contributed by atoms with Crippen LogP contribution in [-0.4, -0.2) is 48.7 Å². The van der Waals surface area contributed by atoms with Crippen molar-refractivity contribution >= 4 is 91.6 Å². The molecule has 3 N–H and O–H groups in total. The lowest BCUT2D eigenvalue weighted by Crippen LogP contribution is -2.32. The molecular weight excluding hydrogens is 627 g/mol. The summed E-state index contributed by atoms with van der Waals surface area (Å²) in [4.78, 5) is 29.9. The van der Waals surface area contributed by atoms with E-state index in [0.29, 0.717) is 18.4 Å². The first-order chi connectivity index (χ1) is 10.2. The molecular formula is C13H14I3N3O3. The molecule has 0 spiro atoms. The Bertz CT molecular complexity index is 633. The first-order valence-electron chi connectivity index (χ1n) is 6.05. The van der Waals surface area contributed by atoms with E-state index in [1.54, 1.807) is 11.2 Å². The number of carboxylic acid groups (broad SMARTS) is 1. The summed E-state index contributed by atoms with van der Waals surface area (Å²) in [6.07, 6.45) is 1.64. The molecule has 0 saturated carbocycles. The number of rotatable bonds is 6. The molecule has 9 heteroatoms. The van der Waals surface area contributed by atoms with Gasteiger partial charge in [-0.3, -0.25) is 9.59 Å². The first-order valence-corrected chi connectivity index (χ1v) is 9.29. The summed E-state index contributed by atoms with van der Waals surface area (Å²) in [5, 5.41) is 9.14. The predicted octanol–water partition coefficient (Wildman–Crippen LogP) is 2.56. The highest BCUT2D eigenvalue weighted by atomic mass is 127. The number of aliphatic carboxylic acids is 1. The molecule has 0 heterocycles. The average molecular weight is 641 g/mol. The third kappa shape index (κ3) is 4.74. The number of carboxylic acids is 1. The molecule has 1 atom stereocenters. The van der Waals surface area contributed by atoms with Crippen LogP contribution in [0.5, 0.6) is 0 Å². The van der Waals surface area contributed by atoms with Crippen molar-refractivity contribution in [1.29, 1.82) is 0 Å². The maximum atomic E-state index is 12.5. The van der Waals surface area contributed by atoms with Gasteiger partial charge in [0.15, 0.2) is 5.78 Å². The van der Waals surface area contributed by atoms with Crippen LogP contribution in [0.4, 0.5) is 5.69 Å². The van der Waals surface area contributed by atoms with E-state index in [0.717, 1.165) is 3.57 Å². The summed E-state index contributed by atoms with van der Waals surface area (Å²) in [7, 11) is 3.69. The maximum absolute atomic E-state index is 12.5. The number of Topliss-reactive ketones (excluding diaryl/α,β-unsaturated/α-hetero) is 1. The van der Waals surface area contributed by atoms with Crippen LogP contribution in [0, 0.1) is 16.6 Å². The van der Waals surface area contributed by atoms with Gasteiger partial charge in [-0.25, -0.2) is 4.99 Å². The summed E-state index contributed by atoms with van der Waals surface area (Å²) in [5.74, 6) is -2.94. The number of nitrogens with two attached hydrogens (primary N) is 1.